The lowest BCUT2D eigenvalue weighted by Crippen LogP contribution is -2.50. The average molecular weight is 286 g/mol. The van der Waals surface area contributed by atoms with Crippen molar-refractivity contribution >= 4 is 10.0 Å². The van der Waals surface area contributed by atoms with E-state index in [2.05, 4.69) is 10.0 Å². The van der Waals surface area contributed by atoms with Gasteiger partial charge in [-0.15, -0.1) is 0 Å². The number of phenolic OH excluding ortho intramolecular Hbond substituents is 1. The maximum Gasteiger partial charge on any atom is 0.209 e. The van der Waals surface area contributed by atoms with Gasteiger partial charge in [0.2, 0.25) is 10.0 Å². The minimum atomic E-state index is -3.22. The highest BCUT2D eigenvalue weighted by molar-refractivity contribution is 7.88. The Balaban J connectivity index is 2.58. The molecule has 1 atom stereocenters. The summed E-state index contributed by atoms with van der Waals surface area (Å²) in [6, 6.07) is 7.01. The van der Waals surface area contributed by atoms with Crippen molar-refractivity contribution in [3.05, 3.63) is 29.8 Å². The molecule has 0 aliphatic rings. The van der Waals surface area contributed by atoms with Crippen LogP contribution in [0.5, 0.6) is 5.75 Å². The van der Waals surface area contributed by atoms with Gasteiger partial charge in [0.05, 0.1) is 6.26 Å². The van der Waals surface area contributed by atoms with E-state index in [1.807, 2.05) is 32.9 Å². The minimum Gasteiger partial charge on any atom is -0.508 e. The second-order valence-electron chi connectivity index (χ2n) is 5.45. The quantitative estimate of drug-likeness (QED) is 0.738. The van der Waals surface area contributed by atoms with E-state index >= 15 is 0 Å². The fourth-order valence-electron chi connectivity index (χ4n) is 1.83. The van der Waals surface area contributed by atoms with Gasteiger partial charge < -0.3 is 10.4 Å². The lowest BCUT2D eigenvalue weighted by molar-refractivity contribution is 0.399. The molecule has 1 aromatic carbocycles. The molecule has 19 heavy (non-hydrogen) atoms. The van der Waals surface area contributed by atoms with Crippen LogP contribution < -0.4 is 10.0 Å². The third-order valence-corrected chi connectivity index (χ3v) is 3.63. The van der Waals surface area contributed by atoms with Crippen LogP contribution in [-0.4, -0.2) is 31.9 Å². The van der Waals surface area contributed by atoms with Gasteiger partial charge in [0.1, 0.15) is 5.75 Å². The fourth-order valence-corrected chi connectivity index (χ4v) is 2.90. The zero-order valence-corrected chi connectivity index (χ0v) is 12.6. The van der Waals surface area contributed by atoms with Crippen LogP contribution in [0.2, 0.25) is 0 Å². The number of rotatable bonds is 6. The molecular formula is C13H22N2O3S. The van der Waals surface area contributed by atoms with E-state index in [0.29, 0.717) is 6.54 Å². The zero-order chi connectivity index (χ0) is 14.7. The van der Waals surface area contributed by atoms with E-state index in [9.17, 15) is 13.5 Å². The van der Waals surface area contributed by atoms with Gasteiger partial charge in [-0.05, 0) is 38.5 Å². The summed E-state index contributed by atoms with van der Waals surface area (Å²) in [6.45, 7) is 6.14. The van der Waals surface area contributed by atoms with Crippen LogP contribution in [0.4, 0.5) is 0 Å². The monoisotopic (exact) mass is 286 g/mol. The van der Waals surface area contributed by atoms with Gasteiger partial charge in [-0.2, -0.15) is 0 Å². The highest BCUT2D eigenvalue weighted by Gasteiger charge is 2.22. The van der Waals surface area contributed by atoms with Gasteiger partial charge in [-0.1, -0.05) is 12.1 Å². The van der Waals surface area contributed by atoms with Gasteiger partial charge in [-0.25, -0.2) is 13.1 Å². The van der Waals surface area contributed by atoms with Gasteiger partial charge in [0.25, 0.3) is 0 Å². The van der Waals surface area contributed by atoms with Crippen molar-refractivity contribution in [2.45, 2.75) is 32.4 Å². The molecule has 108 valence electrons. The van der Waals surface area contributed by atoms with E-state index in [1.165, 1.54) is 0 Å². The Morgan fingerprint density at radius 1 is 1.26 bits per heavy atom. The lowest BCUT2D eigenvalue weighted by Gasteiger charge is -2.27. The molecule has 3 N–H and O–H groups in total. The molecule has 0 saturated carbocycles. The van der Waals surface area contributed by atoms with Crippen LogP contribution in [-0.2, 0) is 10.0 Å². The predicted molar refractivity (Wildman–Crippen MR) is 76.6 cm³/mol. The summed E-state index contributed by atoms with van der Waals surface area (Å²) < 4.78 is 25.0. The van der Waals surface area contributed by atoms with Crippen LogP contribution >= 0.6 is 0 Å². The average Bonchev–Trinajstić information content (AvgIpc) is 2.24. The summed E-state index contributed by atoms with van der Waals surface area (Å²) in [5, 5.41) is 12.5. The maximum absolute atomic E-state index is 11.2. The summed E-state index contributed by atoms with van der Waals surface area (Å²) in [4.78, 5) is 0. The van der Waals surface area contributed by atoms with Crippen molar-refractivity contribution in [1.82, 2.24) is 10.0 Å². The van der Waals surface area contributed by atoms with Gasteiger partial charge in [0, 0.05) is 18.1 Å². The van der Waals surface area contributed by atoms with E-state index < -0.39 is 15.6 Å². The first-order chi connectivity index (χ1) is 8.59. The molecule has 0 heterocycles. The number of sulfonamides is 1. The standard InChI is InChI=1S/C13H22N2O3S/c1-10(11-5-7-12(16)8-6-11)14-9-13(2,3)15-19(4,17)18/h5-8,10,14-16H,9H2,1-4H3. The summed E-state index contributed by atoms with van der Waals surface area (Å²) in [7, 11) is -3.22. The van der Waals surface area contributed by atoms with Crippen LogP contribution in [0.15, 0.2) is 24.3 Å². The molecular weight excluding hydrogens is 264 g/mol. The summed E-state index contributed by atoms with van der Waals surface area (Å²) in [5.74, 6) is 0.232. The first-order valence-corrected chi connectivity index (χ1v) is 7.99. The third kappa shape index (κ3) is 6.04. The maximum atomic E-state index is 11.2. The second-order valence-corrected chi connectivity index (χ2v) is 7.20. The van der Waals surface area contributed by atoms with E-state index in [1.54, 1.807) is 12.1 Å². The molecule has 0 saturated heterocycles. The molecule has 0 radical (unpaired) electrons. The van der Waals surface area contributed by atoms with Gasteiger partial charge >= 0.3 is 0 Å². The Morgan fingerprint density at radius 3 is 2.26 bits per heavy atom. The largest absolute Gasteiger partial charge is 0.508 e. The van der Waals surface area contributed by atoms with E-state index in [-0.39, 0.29) is 11.8 Å². The zero-order valence-electron chi connectivity index (χ0n) is 11.8. The first kappa shape index (κ1) is 15.9. The van der Waals surface area contributed by atoms with Crippen molar-refractivity contribution in [2.75, 3.05) is 12.8 Å². The van der Waals surface area contributed by atoms with E-state index in [4.69, 9.17) is 0 Å². The van der Waals surface area contributed by atoms with Crippen LogP contribution in [0.3, 0.4) is 0 Å². The Hall–Kier alpha value is -1.11. The normalized spacial score (nSPS) is 14.3. The molecule has 6 heteroatoms. The fraction of sp³-hybridized carbons (Fsp3) is 0.538. The van der Waals surface area contributed by atoms with Crippen molar-refractivity contribution in [1.29, 1.82) is 0 Å². The minimum absolute atomic E-state index is 0.0706. The van der Waals surface area contributed by atoms with E-state index in [0.717, 1.165) is 11.8 Å². The van der Waals surface area contributed by atoms with Gasteiger partial charge in [0.15, 0.2) is 0 Å². The summed E-state index contributed by atoms with van der Waals surface area (Å²) in [6.07, 6.45) is 1.15. The molecule has 0 aliphatic carbocycles. The number of benzene rings is 1. The lowest BCUT2D eigenvalue weighted by atomic mass is 10.0. The predicted octanol–water partition coefficient (Wildman–Crippen LogP) is 1.37. The summed E-state index contributed by atoms with van der Waals surface area (Å²) >= 11 is 0. The van der Waals surface area contributed by atoms with Crippen molar-refractivity contribution in [3.63, 3.8) is 0 Å². The SMILES string of the molecule is CC(NCC(C)(C)NS(C)(=O)=O)c1ccc(O)cc1. The second kappa shape index (κ2) is 5.90. The molecule has 0 fully saturated rings. The Kier molecular flexibility index (Phi) is 4.95. The molecule has 1 rings (SSSR count). The number of aromatic hydroxyl groups is 1. The number of hydrogen-bond donors (Lipinski definition) is 3. The first-order valence-electron chi connectivity index (χ1n) is 6.10. The molecule has 1 aromatic rings. The third-order valence-electron chi connectivity index (χ3n) is 2.70. The number of phenols is 1. The summed E-state index contributed by atoms with van der Waals surface area (Å²) in [5.41, 5.74) is 0.478. The van der Waals surface area contributed by atoms with Gasteiger partial charge in [-0.3, -0.25) is 0 Å². The molecule has 0 aliphatic heterocycles. The number of hydrogen-bond acceptors (Lipinski definition) is 4. The Labute approximate surface area is 115 Å². The highest BCUT2D eigenvalue weighted by Crippen LogP contribution is 2.17. The van der Waals surface area contributed by atoms with Crippen LogP contribution in [0, 0.1) is 0 Å². The molecule has 0 aromatic heterocycles. The van der Waals surface area contributed by atoms with Crippen molar-refractivity contribution in [3.8, 4) is 5.75 Å². The smallest absolute Gasteiger partial charge is 0.209 e. The topological polar surface area (TPSA) is 78.4 Å². The molecule has 5 nitrogen and oxygen atoms in total. The highest BCUT2D eigenvalue weighted by atomic mass is 32.2. The van der Waals surface area contributed by atoms with Crippen molar-refractivity contribution in [2.24, 2.45) is 0 Å². The molecule has 0 amide bonds. The Morgan fingerprint density at radius 2 is 1.79 bits per heavy atom. The Bertz CT molecular complexity index is 509. The van der Waals surface area contributed by atoms with Crippen LogP contribution in [0.1, 0.15) is 32.4 Å². The number of nitrogens with one attached hydrogen (secondary N) is 2. The molecule has 0 bridgehead atoms. The molecule has 1 unspecified atom stereocenters. The molecule has 0 spiro atoms. The van der Waals surface area contributed by atoms with Crippen molar-refractivity contribution < 1.29 is 13.5 Å². The van der Waals surface area contributed by atoms with Crippen LogP contribution in [0.25, 0.3) is 0 Å².